The van der Waals surface area contributed by atoms with Gasteiger partial charge in [-0.05, 0) is 0 Å². The zero-order chi connectivity index (χ0) is 7.86. The zero-order valence-electron chi connectivity index (χ0n) is 6.14. The third-order valence-corrected chi connectivity index (χ3v) is 0.406. The van der Waals surface area contributed by atoms with Gasteiger partial charge in [-0.3, -0.25) is 9.00 Å². The van der Waals surface area contributed by atoms with E-state index < -0.39 is 17.3 Å². The molecule has 0 saturated heterocycles. The van der Waals surface area contributed by atoms with E-state index in [-0.39, 0.29) is 64.9 Å². The van der Waals surface area contributed by atoms with Gasteiger partial charge in [-0.15, -0.1) is 11.4 Å². The molecule has 0 aliphatic rings. The average Bonchev–Trinajstić information content (AvgIpc) is 1.65. The van der Waals surface area contributed by atoms with Gasteiger partial charge >= 0.3 is 65.1 Å². The minimum absolute atomic E-state index is 0. The Morgan fingerprint density at radius 1 is 1.45 bits per heavy atom. The normalized spacial score (nSPS) is 6.55. The van der Waals surface area contributed by atoms with Gasteiger partial charge < -0.3 is 14.2 Å². The van der Waals surface area contributed by atoms with Crippen LogP contribution in [0, 0.1) is 0 Å². The van der Waals surface area contributed by atoms with E-state index in [1.807, 2.05) is 0 Å². The summed E-state index contributed by atoms with van der Waals surface area (Å²) in [5.41, 5.74) is 0. The van der Waals surface area contributed by atoms with Gasteiger partial charge in [-0.1, -0.05) is 0 Å². The van der Waals surface area contributed by atoms with E-state index in [9.17, 15) is 4.79 Å². The van der Waals surface area contributed by atoms with Crippen molar-refractivity contribution in [1.82, 2.24) is 0 Å². The van der Waals surface area contributed by atoms with Gasteiger partial charge in [0.05, 0.1) is 5.75 Å². The number of thiol groups is 1. The van der Waals surface area contributed by atoms with E-state index in [1.165, 1.54) is 0 Å². The van der Waals surface area contributed by atoms with Crippen molar-refractivity contribution in [3.63, 3.8) is 0 Å². The Kier molecular flexibility index (Phi) is 37.4. The molecule has 11 heavy (non-hydrogen) atoms. The first-order valence-electron chi connectivity index (χ1n) is 1.60. The van der Waals surface area contributed by atoms with Crippen LogP contribution in [0.15, 0.2) is 0 Å². The Balaban J connectivity index is -0.0000000383. The van der Waals surface area contributed by atoms with Crippen LogP contribution in [-0.2, 0) is 16.2 Å². The minimum atomic E-state index is -3.11. The second kappa shape index (κ2) is 17.8. The van der Waals surface area contributed by atoms with E-state index in [0.29, 0.717) is 0 Å². The molecule has 56 valence electrons. The van der Waals surface area contributed by atoms with Crippen molar-refractivity contribution in [3.05, 3.63) is 0 Å². The van der Waals surface area contributed by atoms with Crippen LogP contribution in [0.25, 0.3) is 0 Å². The molecule has 0 atom stereocenters. The van der Waals surface area contributed by atoms with Crippen molar-refractivity contribution in [2.75, 3.05) is 5.75 Å². The maximum Gasteiger partial charge on any atom is 1.00 e. The number of rotatable bonds is 1. The van der Waals surface area contributed by atoms with E-state index in [2.05, 4.69) is 12.6 Å². The Bertz CT molecular complexity index is 105. The van der Waals surface area contributed by atoms with Crippen LogP contribution in [0.1, 0.15) is 0 Å². The molecular weight excluding hydrogens is 214 g/mol. The third kappa shape index (κ3) is 76.9. The molecule has 0 aromatic carbocycles. The SMILES string of the molecule is O=C(O)CS.O=S([O-])[O-].[Na+].[Na+]. The van der Waals surface area contributed by atoms with Crippen molar-refractivity contribution in [2.45, 2.75) is 0 Å². The fourth-order valence-corrected chi connectivity index (χ4v) is 0. The van der Waals surface area contributed by atoms with Crippen LogP contribution >= 0.6 is 12.6 Å². The fourth-order valence-electron chi connectivity index (χ4n) is 0. The fraction of sp³-hybridized carbons (Fsp3) is 0.500. The van der Waals surface area contributed by atoms with Crippen LogP contribution in [0.3, 0.4) is 0 Å². The number of hydrogen-bond acceptors (Lipinski definition) is 5. The van der Waals surface area contributed by atoms with Gasteiger partial charge in [0, 0.05) is 0 Å². The maximum atomic E-state index is 9.29. The first-order valence-corrected chi connectivity index (χ1v) is 3.23. The molecule has 5 nitrogen and oxygen atoms in total. The molecule has 0 unspecified atom stereocenters. The molecule has 0 aromatic heterocycles. The molecule has 0 bridgehead atoms. The Labute approximate surface area is 116 Å². The number of aliphatic carboxylic acids is 1. The van der Waals surface area contributed by atoms with Crippen LogP contribution in [0.2, 0.25) is 0 Å². The third-order valence-electron chi connectivity index (χ3n) is 0.135. The molecule has 0 rings (SSSR count). The monoisotopic (exact) mass is 218 g/mol. The predicted molar refractivity (Wildman–Crippen MR) is 31.2 cm³/mol. The van der Waals surface area contributed by atoms with Gasteiger partial charge in [0.1, 0.15) is 0 Å². The molecule has 0 fully saturated rings. The summed E-state index contributed by atoms with van der Waals surface area (Å²) >= 11 is 0.305. The molecule has 0 aromatic rings. The molecule has 0 aliphatic heterocycles. The van der Waals surface area contributed by atoms with Gasteiger partial charge in [0.2, 0.25) is 0 Å². The number of carbonyl (C=O) groups is 1. The van der Waals surface area contributed by atoms with Crippen LogP contribution < -0.4 is 59.1 Å². The molecule has 0 spiro atoms. The van der Waals surface area contributed by atoms with Gasteiger partial charge in [-0.2, -0.15) is 12.6 Å². The molecular formula is C2H4Na2O5S2. The summed E-state index contributed by atoms with van der Waals surface area (Å²) < 4.78 is 25.3. The van der Waals surface area contributed by atoms with E-state index in [4.69, 9.17) is 18.4 Å². The average molecular weight is 218 g/mol. The Morgan fingerprint density at radius 2 is 1.55 bits per heavy atom. The topological polar surface area (TPSA) is 100 Å². The predicted octanol–water partition coefficient (Wildman–Crippen LogP) is -7.00. The van der Waals surface area contributed by atoms with Crippen molar-refractivity contribution in [2.24, 2.45) is 0 Å². The molecule has 9 heteroatoms. The Morgan fingerprint density at radius 3 is 1.55 bits per heavy atom. The molecule has 0 heterocycles. The number of carboxylic acid groups (broad SMARTS) is 1. The summed E-state index contributed by atoms with van der Waals surface area (Å²) in [4.78, 5) is 9.29. The summed E-state index contributed by atoms with van der Waals surface area (Å²) in [6.07, 6.45) is 0. The molecule has 0 saturated carbocycles. The van der Waals surface area contributed by atoms with E-state index in [0.717, 1.165) is 0 Å². The molecule has 0 aliphatic carbocycles. The van der Waals surface area contributed by atoms with Gasteiger partial charge in [0.15, 0.2) is 0 Å². The van der Waals surface area contributed by atoms with E-state index in [1.54, 1.807) is 0 Å². The molecule has 0 amide bonds. The van der Waals surface area contributed by atoms with Crippen LogP contribution in [0.4, 0.5) is 0 Å². The van der Waals surface area contributed by atoms with Gasteiger partial charge in [-0.25, -0.2) is 0 Å². The van der Waals surface area contributed by atoms with E-state index >= 15 is 0 Å². The van der Waals surface area contributed by atoms with Crippen molar-refractivity contribution in [3.8, 4) is 0 Å². The molecule has 1 N–H and O–H groups in total. The van der Waals surface area contributed by atoms with Crippen molar-refractivity contribution >= 4 is 30.0 Å². The summed E-state index contributed by atoms with van der Waals surface area (Å²) in [6.45, 7) is 0. The summed E-state index contributed by atoms with van der Waals surface area (Å²) in [6, 6.07) is 0. The maximum absolute atomic E-state index is 9.29. The number of hydrogen-bond donors (Lipinski definition) is 2. The van der Waals surface area contributed by atoms with Crippen molar-refractivity contribution in [1.29, 1.82) is 0 Å². The standard InChI is InChI=1S/C2H4O2S.2Na.H2O3S/c3-2(4)1-5;;;1-4(2)3/h5H,1H2,(H,3,4);;;(H2,1,2,3)/q;2*+1;/p-2. The first kappa shape index (κ1) is 23.1. The van der Waals surface area contributed by atoms with Gasteiger partial charge in [0.25, 0.3) is 0 Å². The largest absolute Gasteiger partial charge is 1.00 e. The van der Waals surface area contributed by atoms with Crippen LogP contribution in [-0.4, -0.2) is 30.1 Å². The van der Waals surface area contributed by atoms with Crippen molar-refractivity contribution < 1.29 is 82.3 Å². The number of carboxylic acids is 1. The van der Waals surface area contributed by atoms with Crippen LogP contribution in [0.5, 0.6) is 0 Å². The second-order valence-corrected chi connectivity index (χ2v) is 1.48. The Hall–Kier alpha value is 1.89. The summed E-state index contributed by atoms with van der Waals surface area (Å²) in [5.74, 6) is -0.965. The first-order chi connectivity index (χ1) is 4.00. The zero-order valence-corrected chi connectivity index (χ0v) is 11.9. The summed E-state index contributed by atoms with van der Waals surface area (Å²) in [7, 11) is 0. The second-order valence-electron chi connectivity index (χ2n) is 0.756. The summed E-state index contributed by atoms with van der Waals surface area (Å²) in [5, 5.41) is 7.65. The minimum Gasteiger partial charge on any atom is -0.784 e. The smallest absolute Gasteiger partial charge is 0.784 e. The molecule has 0 radical (unpaired) electrons. The quantitative estimate of drug-likeness (QED) is 0.259.